The van der Waals surface area contributed by atoms with Crippen molar-refractivity contribution in [2.75, 3.05) is 33.2 Å². The van der Waals surface area contributed by atoms with E-state index in [1.807, 2.05) is 0 Å². The highest BCUT2D eigenvalue weighted by Crippen LogP contribution is 2.66. The van der Waals surface area contributed by atoms with Crippen LogP contribution in [0.15, 0.2) is 30.3 Å². The molecule has 312 valence electrons. The number of hydrogen-bond acceptors (Lipinski definition) is 10. The lowest BCUT2D eigenvalue weighted by molar-refractivity contribution is -0.200. The zero-order chi connectivity index (χ0) is 40.0. The quantitative estimate of drug-likeness (QED) is 0.0817. The summed E-state index contributed by atoms with van der Waals surface area (Å²) in [6.45, 7) is 12.7. The highest BCUT2D eigenvalue weighted by molar-refractivity contribution is 5.70. The van der Waals surface area contributed by atoms with Crippen molar-refractivity contribution in [3.63, 3.8) is 0 Å². The fourth-order valence-corrected chi connectivity index (χ4v) is 11.1. The molecule has 0 spiro atoms. The van der Waals surface area contributed by atoms with E-state index in [-0.39, 0.29) is 64.8 Å². The minimum Gasteiger partial charge on any atom is -0.462 e. The first-order valence-electron chi connectivity index (χ1n) is 21.8. The molecule has 10 heteroatoms. The van der Waals surface area contributed by atoms with Crippen LogP contribution >= 0.6 is 0 Å². The van der Waals surface area contributed by atoms with Crippen molar-refractivity contribution in [3.05, 3.63) is 35.9 Å². The zero-order valence-electron chi connectivity index (χ0n) is 35.0. The standard InChI is InChI=1S/C45H76N4O6/c1-6-38(54-41(51)18-11-27-47)43-36-21-20-35(32(2)14-13-29-49(5)31-33-15-8-7-9-16-33)45(36,4)39(55-42(52)19-12-28-48)30-37(43)44(3)24-22-34(23-25-44)53-40(50)17-10-26-46/h7-9,15-16,32,34-39,43H,6,10-14,17-31,46-48H2,1-5H3/t32-,34?,35-,36+,37+,38-,39+,43?,44?,45?/m1/s1. The maximum absolute atomic E-state index is 13.6. The second-order valence-electron chi connectivity index (χ2n) is 17.9. The van der Waals surface area contributed by atoms with Gasteiger partial charge in [0.05, 0.1) is 0 Å². The molecule has 6 N–H and O–H groups in total. The molecule has 3 aliphatic rings. The largest absolute Gasteiger partial charge is 0.462 e. The molecule has 0 heterocycles. The molecule has 0 aromatic heterocycles. The monoisotopic (exact) mass is 769 g/mol. The Labute approximate surface area is 332 Å². The van der Waals surface area contributed by atoms with Crippen LogP contribution in [0.4, 0.5) is 0 Å². The van der Waals surface area contributed by atoms with Gasteiger partial charge in [0.1, 0.15) is 18.3 Å². The molecule has 0 radical (unpaired) electrons. The van der Waals surface area contributed by atoms with Gasteiger partial charge in [0.2, 0.25) is 0 Å². The van der Waals surface area contributed by atoms with E-state index >= 15 is 0 Å². The summed E-state index contributed by atoms with van der Waals surface area (Å²) >= 11 is 0. The van der Waals surface area contributed by atoms with Crippen LogP contribution in [0.2, 0.25) is 0 Å². The average Bonchev–Trinajstić information content (AvgIpc) is 3.53. The van der Waals surface area contributed by atoms with E-state index in [1.54, 1.807) is 0 Å². The highest BCUT2D eigenvalue weighted by atomic mass is 16.6. The Balaban J connectivity index is 1.62. The van der Waals surface area contributed by atoms with Crippen LogP contribution in [0.25, 0.3) is 0 Å². The summed E-state index contributed by atoms with van der Waals surface area (Å²) in [5, 5.41) is 0. The number of benzene rings is 1. The SMILES string of the molecule is CC[C@@H](OC(=O)CCCN)C1[C@@H](C2(C)CCC(OC(=O)CCCN)CC2)C[C@H](OC(=O)CCCN)C2(C)[C@@H]([C@H](C)CCCN(C)Cc3ccccc3)CC[C@@H]12. The van der Waals surface area contributed by atoms with E-state index in [1.165, 1.54) is 5.56 Å². The molecule has 8 atom stereocenters. The van der Waals surface area contributed by atoms with Crippen molar-refractivity contribution < 1.29 is 28.6 Å². The van der Waals surface area contributed by atoms with Crippen LogP contribution in [0.3, 0.4) is 0 Å². The van der Waals surface area contributed by atoms with Crippen molar-refractivity contribution in [1.29, 1.82) is 0 Å². The maximum atomic E-state index is 13.6. The summed E-state index contributed by atoms with van der Waals surface area (Å²) in [6.07, 6.45) is 11.4. The van der Waals surface area contributed by atoms with E-state index in [0.717, 1.165) is 77.3 Å². The van der Waals surface area contributed by atoms with Gasteiger partial charge in [-0.3, -0.25) is 14.4 Å². The van der Waals surface area contributed by atoms with Crippen molar-refractivity contribution in [3.8, 4) is 0 Å². The first-order chi connectivity index (χ1) is 26.4. The minimum atomic E-state index is -0.266. The summed E-state index contributed by atoms with van der Waals surface area (Å²) < 4.78 is 19.1. The lowest BCUT2D eigenvalue weighted by Gasteiger charge is -2.59. The van der Waals surface area contributed by atoms with Crippen LogP contribution < -0.4 is 17.2 Å². The molecule has 1 aromatic carbocycles. The predicted molar refractivity (Wildman–Crippen MR) is 218 cm³/mol. The van der Waals surface area contributed by atoms with Crippen LogP contribution in [0, 0.1) is 40.4 Å². The third-order valence-corrected chi connectivity index (χ3v) is 14.1. The fourth-order valence-electron chi connectivity index (χ4n) is 11.1. The lowest BCUT2D eigenvalue weighted by Crippen LogP contribution is -2.59. The van der Waals surface area contributed by atoms with Gasteiger partial charge in [-0.15, -0.1) is 0 Å². The summed E-state index contributed by atoms with van der Waals surface area (Å²) in [4.78, 5) is 41.8. The van der Waals surface area contributed by atoms with Crippen molar-refractivity contribution in [2.24, 2.45) is 57.6 Å². The van der Waals surface area contributed by atoms with Crippen LogP contribution in [0.5, 0.6) is 0 Å². The average molecular weight is 769 g/mol. The first kappa shape index (κ1) is 45.2. The number of carbonyl (C=O) groups is 3. The van der Waals surface area contributed by atoms with Gasteiger partial charge >= 0.3 is 17.9 Å². The summed E-state index contributed by atoms with van der Waals surface area (Å²) in [5.74, 6) is 0.825. The molecule has 2 unspecified atom stereocenters. The Hall–Kier alpha value is -2.53. The molecule has 0 aliphatic heterocycles. The lowest BCUT2D eigenvalue weighted by atomic mass is 9.48. The number of rotatable bonds is 22. The van der Waals surface area contributed by atoms with Gasteiger partial charge in [0.15, 0.2) is 0 Å². The third kappa shape index (κ3) is 12.0. The summed E-state index contributed by atoms with van der Waals surface area (Å²) in [5.41, 5.74) is 18.2. The van der Waals surface area contributed by atoms with Crippen molar-refractivity contribution in [2.45, 2.75) is 155 Å². The minimum absolute atomic E-state index is 0.0990. The van der Waals surface area contributed by atoms with E-state index < -0.39 is 0 Å². The van der Waals surface area contributed by atoms with Crippen LogP contribution in [-0.4, -0.2) is 74.3 Å². The van der Waals surface area contributed by atoms with E-state index in [0.29, 0.717) is 70.0 Å². The second-order valence-corrected chi connectivity index (χ2v) is 17.9. The Morgan fingerprint density at radius 3 is 2.02 bits per heavy atom. The predicted octanol–water partition coefficient (Wildman–Crippen LogP) is 7.15. The fraction of sp³-hybridized carbons (Fsp3) is 0.800. The Morgan fingerprint density at radius 1 is 0.818 bits per heavy atom. The van der Waals surface area contributed by atoms with E-state index in [4.69, 9.17) is 31.4 Å². The molecular formula is C45H76N4O6. The van der Waals surface area contributed by atoms with Gasteiger partial charge in [-0.1, -0.05) is 58.0 Å². The number of nitrogens with zero attached hydrogens (tertiary/aromatic N) is 1. The van der Waals surface area contributed by atoms with Crippen LogP contribution in [-0.2, 0) is 35.1 Å². The van der Waals surface area contributed by atoms with Crippen LogP contribution in [0.1, 0.15) is 136 Å². The van der Waals surface area contributed by atoms with Crippen molar-refractivity contribution >= 4 is 17.9 Å². The van der Waals surface area contributed by atoms with Crippen molar-refractivity contribution in [1.82, 2.24) is 4.90 Å². The van der Waals surface area contributed by atoms with Gasteiger partial charge in [-0.05, 0) is 151 Å². The molecule has 10 nitrogen and oxygen atoms in total. The number of esters is 3. The van der Waals surface area contributed by atoms with Gasteiger partial charge in [-0.25, -0.2) is 0 Å². The third-order valence-electron chi connectivity index (χ3n) is 14.1. The second kappa shape index (κ2) is 21.8. The first-order valence-corrected chi connectivity index (χ1v) is 21.8. The summed E-state index contributed by atoms with van der Waals surface area (Å²) in [7, 11) is 2.20. The van der Waals surface area contributed by atoms with Gasteiger partial charge in [-0.2, -0.15) is 0 Å². The summed E-state index contributed by atoms with van der Waals surface area (Å²) in [6, 6.07) is 10.6. The molecule has 0 bridgehead atoms. The Bertz CT molecular complexity index is 1320. The van der Waals surface area contributed by atoms with Gasteiger partial charge < -0.3 is 36.3 Å². The molecule has 1 aromatic rings. The molecule has 3 fully saturated rings. The smallest absolute Gasteiger partial charge is 0.306 e. The normalized spacial score (nSPS) is 30.3. The Kier molecular flexibility index (Phi) is 17.9. The molecule has 55 heavy (non-hydrogen) atoms. The molecule has 4 rings (SSSR count). The highest BCUT2D eigenvalue weighted by Gasteiger charge is 2.64. The van der Waals surface area contributed by atoms with Gasteiger partial charge in [0.25, 0.3) is 0 Å². The van der Waals surface area contributed by atoms with E-state index in [9.17, 15) is 14.4 Å². The molecular weight excluding hydrogens is 693 g/mol. The number of fused-ring (bicyclic) bond motifs is 1. The molecule has 0 saturated heterocycles. The molecule has 3 saturated carbocycles. The number of carbonyl (C=O) groups excluding carboxylic acids is 3. The van der Waals surface area contributed by atoms with Gasteiger partial charge in [0, 0.05) is 37.1 Å². The number of hydrogen-bond donors (Lipinski definition) is 3. The number of ether oxygens (including phenoxy) is 3. The maximum Gasteiger partial charge on any atom is 0.306 e. The van der Waals surface area contributed by atoms with E-state index in [2.05, 4.69) is 70.0 Å². The molecule has 0 amide bonds. The zero-order valence-corrected chi connectivity index (χ0v) is 35.0. The molecule has 3 aliphatic carbocycles. The number of nitrogens with two attached hydrogens (primary N) is 3. The Morgan fingerprint density at radius 2 is 1.42 bits per heavy atom. The topological polar surface area (TPSA) is 160 Å².